The number of rotatable bonds is 5. The fourth-order valence-corrected chi connectivity index (χ4v) is 1.53. The normalized spacial score (nSPS) is 9.44. The van der Waals surface area contributed by atoms with Crippen LogP contribution in [-0.2, 0) is 4.79 Å². The van der Waals surface area contributed by atoms with Gasteiger partial charge in [-0.15, -0.1) is 0 Å². The summed E-state index contributed by atoms with van der Waals surface area (Å²) in [6.45, 7) is -0.0437. The first-order valence-electron chi connectivity index (χ1n) is 4.23. The van der Waals surface area contributed by atoms with Gasteiger partial charge in [-0.25, -0.2) is 4.79 Å². The van der Waals surface area contributed by atoms with Crippen molar-refractivity contribution in [2.75, 3.05) is 12.3 Å². The van der Waals surface area contributed by atoms with Crippen molar-refractivity contribution in [3.63, 3.8) is 0 Å². The van der Waals surface area contributed by atoms with E-state index in [0.717, 1.165) is 11.8 Å². The van der Waals surface area contributed by atoms with E-state index in [1.165, 1.54) is 12.1 Å². The molecule has 7 heteroatoms. The average molecular weight is 240 g/mol. The summed E-state index contributed by atoms with van der Waals surface area (Å²) in [6.07, 6.45) is 0. The molecule has 0 atom stereocenters. The standard InChI is InChI=1S/C9H8N2O4S/c10-3-4-11-7(12)5-16-8-2-1-6(15-8)9(13)14/h1-2H,4-5H2,(H,11,12)(H,13,14). The minimum Gasteiger partial charge on any atom is -0.475 e. The van der Waals surface area contributed by atoms with Crippen molar-refractivity contribution in [1.29, 1.82) is 5.26 Å². The Morgan fingerprint density at radius 3 is 2.88 bits per heavy atom. The van der Waals surface area contributed by atoms with Crippen molar-refractivity contribution in [3.8, 4) is 6.07 Å². The number of carboxylic acids is 1. The lowest BCUT2D eigenvalue weighted by molar-refractivity contribution is -0.118. The van der Waals surface area contributed by atoms with Gasteiger partial charge in [-0.3, -0.25) is 4.79 Å². The Morgan fingerprint density at radius 2 is 2.31 bits per heavy atom. The predicted octanol–water partition coefficient (Wildman–Crippen LogP) is 0.710. The van der Waals surface area contributed by atoms with Crippen LogP contribution in [0.15, 0.2) is 21.6 Å². The molecule has 84 valence electrons. The third-order valence-electron chi connectivity index (χ3n) is 1.50. The van der Waals surface area contributed by atoms with E-state index < -0.39 is 5.97 Å². The molecule has 1 heterocycles. The lowest BCUT2D eigenvalue weighted by atomic mass is 10.5. The van der Waals surface area contributed by atoms with Gasteiger partial charge in [0, 0.05) is 0 Å². The molecule has 1 amide bonds. The molecule has 1 aromatic heterocycles. The first-order valence-corrected chi connectivity index (χ1v) is 5.21. The molecule has 0 aliphatic rings. The van der Waals surface area contributed by atoms with Crippen LogP contribution >= 0.6 is 11.8 Å². The van der Waals surface area contributed by atoms with E-state index in [4.69, 9.17) is 14.8 Å². The van der Waals surface area contributed by atoms with Crippen LogP contribution in [0.3, 0.4) is 0 Å². The van der Waals surface area contributed by atoms with Crippen molar-refractivity contribution in [2.45, 2.75) is 5.09 Å². The fourth-order valence-electron chi connectivity index (χ4n) is 0.838. The zero-order valence-electron chi connectivity index (χ0n) is 8.10. The van der Waals surface area contributed by atoms with E-state index in [0.29, 0.717) is 5.09 Å². The summed E-state index contributed by atoms with van der Waals surface area (Å²) >= 11 is 1.07. The van der Waals surface area contributed by atoms with Crippen molar-refractivity contribution in [3.05, 3.63) is 17.9 Å². The Kier molecular flexibility index (Phi) is 4.42. The number of thioether (sulfide) groups is 1. The molecule has 1 rings (SSSR count). The molecule has 0 radical (unpaired) electrons. The maximum atomic E-state index is 11.1. The highest BCUT2D eigenvalue weighted by atomic mass is 32.2. The molecular formula is C9H8N2O4S. The van der Waals surface area contributed by atoms with Crippen LogP contribution in [0.1, 0.15) is 10.6 Å². The van der Waals surface area contributed by atoms with Gasteiger partial charge in [0.2, 0.25) is 11.7 Å². The second kappa shape index (κ2) is 5.82. The molecule has 0 aliphatic carbocycles. The molecule has 0 fully saturated rings. The van der Waals surface area contributed by atoms with Gasteiger partial charge < -0.3 is 14.8 Å². The first kappa shape index (κ1) is 12.1. The Hall–Kier alpha value is -1.94. The smallest absolute Gasteiger partial charge is 0.371 e. The van der Waals surface area contributed by atoms with Gasteiger partial charge in [-0.05, 0) is 12.1 Å². The number of carbonyl (C=O) groups excluding carboxylic acids is 1. The van der Waals surface area contributed by atoms with E-state index in [1.807, 2.05) is 0 Å². The van der Waals surface area contributed by atoms with Crippen molar-refractivity contribution in [2.24, 2.45) is 0 Å². The predicted molar refractivity (Wildman–Crippen MR) is 55.0 cm³/mol. The van der Waals surface area contributed by atoms with E-state index in [-0.39, 0.29) is 24.0 Å². The summed E-state index contributed by atoms with van der Waals surface area (Å²) in [5.41, 5.74) is 0. The highest BCUT2D eigenvalue weighted by Crippen LogP contribution is 2.20. The quantitative estimate of drug-likeness (QED) is 0.580. The Morgan fingerprint density at radius 1 is 1.56 bits per heavy atom. The number of carbonyl (C=O) groups is 2. The minimum absolute atomic E-state index is 0.0437. The van der Waals surface area contributed by atoms with Gasteiger partial charge in [-0.1, -0.05) is 11.8 Å². The molecule has 0 saturated carbocycles. The summed E-state index contributed by atoms with van der Waals surface area (Å²) in [5, 5.41) is 19.5. The third-order valence-corrected chi connectivity index (χ3v) is 2.41. The van der Waals surface area contributed by atoms with E-state index >= 15 is 0 Å². The number of hydrogen-bond acceptors (Lipinski definition) is 5. The second-order valence-corrected chi connectivity index (χ2v) is 3.63. The maximum absolute atomic E-state index is 11.1. The van der Waals surface area contributed by atoms with Gasteiger partial charge in [0.25, 0.3) is 0 Å². The van der Waals surface area contributed by atoms with Crippen LogP contribution in [0, 0.1) is 11.3 Å². The third kappa shape index (κ3) is 3.67. The molecule has 1 aromatic rings. The first-order chi connectivity index (χ1) is 7.63. The number of carboxylic acid groups (broad SMARTS) is 1. The van der Waals surface area contributed by atoms with E-state index in [9.17, 15) is 9.59 Å². The number of nitrogens with one attached hydrogen (secondary N) is 1. The number of nitrogens with zero attached hydrogens (tertiary/aromatic N) is 1. The molecule has 0 aromatic carbocycles. The average Bonchev–Trinajstić information content (AvgIpc) is 2.72. The van der Waals surface area contributed by atoms with Gasteiger partial charge >= 0.3 is 5.97 Å². The van der Waals surface area contributed by atoms with E-state index in [2.05, 4.69) is 5.32 Å². The topological polar surface area (TPSA) is 103 Å². The van der Waals surface area contributed by atoms with Crippen molar-refractivity contribution in [1.82, 2.24) is 5.32 Å². The second-order valence-electron chi connectivity index (χ2n) is 2.65. The van der Waals surface area contributed by atoms with Crippen LogP contribution in [-0.4, -0.2) is 29.3 Å². The van der Waals surface area contributed by atoms with Crippen LogP contribution in [0.25, 0.3) is 0 Å². The zero-order valence-corrected chi connectivity index (χ0v) is 8.91. The molecule has 0 bridgehead atoms. The van der Waals surface area contributed by atoms with Crippen LogP contribution in [0.4, 0.5) is 0 Å². The summed E-state index contributed by atoms with van der Waals surface area (Å²) in [7, 11) is 0. The molecule has 6 nitrogen and oxygen atoms in total. The zero-order chi connectivity index (χ0) is 12.0. The van der Waals surface area contributed by atoms with E-state index in [1.54, 1.807) is 6.07 Å². The molecule has 0 aliphatic heterocycles. The molecule has 0 spiro atoms. The molecule has 0 saturated heterocycles. The van der Waals surface area contributed by atoms with Gasteiger partial charge in [0.15, 0.2) is 5.09 Å². The summed E-state index contributed by atoms with van der Waals surface area (Å²) in [6, 6.07) is 4.57. The lowest BCUT2D eigenvalue weighted by Crippen LogP contribution is -2.25. The SMILES string of the molecule is N#CCNC(=O)CSc1ccc(C(=O)O)o1. The number of aromatic carboxylic acids is 1. The van der Waals surface area contributed by atoms with Crippen LogP contribution in [0.5, 0.6) is 0 Å². The highest BCUT2D eigenvalue weighted by Gasteiger charge is 2.10. The monoisotopic (exact) mass is 240 g/mol. The van der Waals surface area contributed by atoms with Crippen LogP contribution in [0.2, 0.25) is 0 Å². The Balaban J connectivity index is 2.40. The summed E-state index contributed by atoms with van der Waals surface area (Å²) in [5.74, 6) is -1.55. The fraction of sp³-hybridized carbons (Fsp3) is 0.222. The Bertz CT molecular complexity index is 435. The molecular weight excluding hydrogens is 232 g/mol. The number of nitriles is 1. The number of hydrogen-bond donors (Lipinski definition) is 2. The number of furan rings is 1. The number of amides is 1. The van der Waals surface area contributed by atoms with Gasteiger partial charge in [0.1, 0.15) is 6.54 Å². The largest absolute Gasteiger partial charge is 0.475 e. The molecule has 0 unspecified atom stereocenters. The lowest BCUT2D eigenvalue weighted by Gasteiger charge is -1.98. The van der Waals surface area contributed by atoms with Gasteiger partial charge in [0.05, 0.1) is 11.8 Å². The van der Waals surface area contributed by atoms with Crippen LogP contribution < -0.4 is 5.32 Å². The van der Waals surface area contributed by atoms with Crippen molar-refractivity contribution >= 4 is 23.6 Å². The highest BCUT2D eigenvalue weighted by molar-refractivity contribution is 7.99. The summed E-state index contributed by atoms with van der Waals surface area (Å²) in [4.78, 5) is 21.6. The molecule has 2 N–H and O–H groups in total. The molecule has 16 heavy (non-hydrogen) atoms. The maximum Gasteiger partial charge on any atom is 0.371 e. The Labute approximate surface area is 95.2 Å². The minimum atomic E-state index is -1.15. The summed E-state index contributed by atoms with van der Waals surface area (Å²) < 4.78 is 4.92. The van der Waals surface area contributed by atoms with Crippen molar-refractivity contribution < 1.29 is 19.1 Å². The van der Waals surface area contributed by atoms with Gasteiger partial charge in [-0.2, -0.15) is 5.26 Å².